The molecule has 38 heavy (non-hydrogen) atoms. The molecule has 5 nitrogen and oxygen atoms in total. The van der Waals surface area contributed by atoms with Crippen LogP contribution < -0.4 is 9.64 Å². The molecule has 0 bridgehead atoms. The van der Waals surface area contributed by atoms with Crippen LogP contribution in [0.15, 0.2) is 85.2 Å². The first kappa shape index (κ1) is 25.8. The highest BCUT2D eigenvalue weighted by atomic mass is 16.5. The molecule has 0 spiro atoms. The lowest BCUT2D eigenvalue weighted by Gasteiger charge is -2.32. The average molecular weight is 508 g/mol. The summed E-state index contributed by atoms with van der Waals surface area (Å²) in [6, 6.07) is 24.8. The molecule has 1 atom stereocenters. The highest BCUT2D eigenvalue weighted by Crippen LogP contribution is 2.39. The van der Waals surface area contributed by atoms with E-state index in [1.807, 2.05) is 52.3 Å². The Labute approximate surface area is 226 Å². The van der Waals surface area contributed by atoms with Gasteiger partial charge in [0.05, 0.1) is 18.7 Å². The van der Waals surface area contributed by atoms with Crippen LogP contribution in [0.2, 0.25) is 0 Å². The highest BCUT2D eigenvalue weighted by molar-refractivity contribution is 5.98. The van der Waals surface area contributed by atoms with Crippen molar-refractivity contribution in [3.05, 3.63) is 113 Å². The van der Waals surface area contributed by atoms with E-state index < -0.39 is 0 Å². The second-order valence-corrected chi connectivity index (χ2v) is 10.4. The molecule has 0 aliphatic heterocycles. The van der Waals surface area contributed by atoms with Gasteiger partial charge in [-0.2, -0.15) is 5.10 Å². The van der Waals surface area contributed by atoms with Crippen LogP contribution in [0.5, 0.6) is 5.75 Å². The molecule has 0 N–H and O–H groups in total. The molecule has 1 aliphatic carbocycles. The van der Waals surface area contributed by atoms with Crippen molar-refractivity contribution in [1.29, 1.82) is 0 Å². The van der Waals surface area contributed by atoms with Gasteiger partial charge in [-0.3, -0.25) is 9.48 Å². The first-order chi connectivity index (χ1) is 18.5. The fraction of sp³-hybridized carbons (Fsp3) is 0.333. The quantitative estimate of drug-likeness (QED) is 0.240. The summed E-state index contributed by atoms with van der Waals surface area (Å²) in [5.41, 5.74) is 6.62. The molecule has 0 saturated carbocycles. The molecule has 0 radical (unpaired) electrons. The fourth-order valence-electron chi connectivity index (χ4n) is 5.31. The van der Waals surface area contributed by atoms with Crippen LogP contribution in [0.1, 0.15) is 73.3 Å². The maximum Gasteiger partial charge on any atom is 0.234 e. The van der Waals surface area contributed by atoms with Crippen molar-refractivity contribution in [2.24, 2.45) is 0 Å². The number of aryl methyl sites for hydroxylation is 1. The smallest absolute Gasteiger partial charge is 0.234 e. The van der Waals surface area contributed by atoms with Gasteiger partial charge in [-0.25, -0.2) is 0 Å². The molecule has 5 rings (SSSR count). The number of nitrogens with zero attached hydrogens (tertiary/aromatic N) is 3. The minimum absolute atomic E-state index is 0.132. The van der Waals surface area contributed by atoms with Crippen LogP contribution in [0.3, 0.4) is 0 Å². The Bertz CT molecular complexity index is 1360. The molecule has 1 aromatic heterocycles. The summed E-state index contributed by atoms with van der Waals surface area (Å²) in [4.78, 5) is 16.3. The number of rotatable bonds is 9. The van der Waals surface area contributed by atoms with E-state index in [1.165, 1.54) is 11.1 Å². The predicted molar refractivity (Wildman–Crippen MR) is 153 cm³/mol. The summed E-state index contributed by atoms with van der Waals surface area (Å²) in [5, 5.41) is 4.45. The maximum atomic E-state index is 14.3. The number of hydrogen-bond acceptors (Lipinski definition) is 3. The van der Waals surface area contributed by atoms with Gasteiger partial charge in [0.1, 0.15) is 12.4 Å². The highest BCUT2D eigenvalue weighted by Gasteiger charge is 2.32. The lowest BCUT2D eigenvalue weighted by atomic mass is 9.81. The summed E-state index contributed by atoms with van der Waals surface area (Å²) in [6.45, 7) is 8.27. The van der Waals surface area contributed by atoms with E-state index >= 15 is 0 Å². The Morgan fingerprint density at radius 2 is 1.82 bits per heavy atom. The van der Waals surface area contributed by atoms with Crippen molar-refractivity contribution in [2.75, 3.05) is 4.90 Å². The van der Waals surface area contributed by atoms with Crippen LogP contribution >= 0.6 is 0 Å². The van der Waals surface area contributed by atoms with Crippen molar-refractivity contribution in [2.45, 2.75) is 71.6 Å². The van der Waals surface area contributed by atoms with Gasteiger partial charge in [0.25, 0.3) is 0 Å². The van der Waals surface area contributed by atoms with Crippen molar-refractivity contribution >= 4 is 11.6 Å². The number of hydrogen-bond donors (Lipinski definition) is 0. The van der Waals surface area contributed by atoms with Gasteiger partial charge < -0.3 is 9.64 Å². The van der Waals surface area contributed by atoms with Gasteiger partial charge in [0.2, 0.25) is 5.91 Å². The molecule has 5 heteroatoms. The molecular formula is C33H37N3O2. The summed E-state index contributed by atoms with van der Waals surface area (Å²) in [7, 11) is 0. The number of carbonyl (C=O) groups excluding carboxylic acids is 1. The van der Waals surface area contributed by atoms with E-state index in [0.717, 1.165) is 53.9 Å². The molecule has 0 fully saturated rings. The van der Waals surface area contributed by atoms with E-state index in [2.05, 4.69) is 68.3 Å². The average Bonchev–Trinajstić information content (AvgIpc) is 3.42. The van der Waals surface area contributed by atoms with E-state index in [0.29, 0.717) is 19.1 Å². The second kappa shape index (κ2) is 11.7. The Morgan fingerprint density at radius 1 is 1.03 bits per heavy atom. The Hall–Kier alpha value is -3.86. The molecule has 1 amide bonds. The molecule has 1 unspecified atom stereocenters. The van der Waals surface area contributed by atoms with E-state index in [-0.39, 0.29) is 11.8 Å². The van der Waals surface area contributed by atoms with Gasteiger partial charge in [-0.15, -0.1) is 0 Å². The number of aromatic nitrogens is 2. The molecule has 1 heterocycles. The van der Waals surface area contributed by atoms with Crippen molar-refractivity contribution in [1.82, 2.24) is 9.78 Å². The van der Waals surface area contributed by atoms with Gasteiger partial charge in [0.15, 0.2) is 0 Å². The molecule has 196 valence electrons. The predicted octanol–water partition coefficient (Wildman–Crippen LogP) is 7.26. The number of carbonyl (C=O) groups is 1. The number of anilines is 1. The van der Waals surface area contributed by atoms with E-state index in [4.69, 9.17) is 4.74 Å². The fourth-order valence-corrected chi connectivity index (χ4v) is 5.31. The van der Waals surface area contributed by atoms with Crippen LogP contribution in [0.4, 0.5) is 5.69 Å². The lowest BCUT2D eigenvalue weighted by molar-refractivity contribution is -0.120. The first-order valence-electron chi connectivity index (χ1n) is 13.7. The minimum atomic E-state index is -0.204. The molecule has 0 saturated heterocycles. The Kier molecular flexibility index (Phi) is 7.92. The van der Waals surface area contributed by atoms with E-state index in [1.54, 1.807) is 0 Å². The maximum absolute atomic E-state index is 14.3. The van der Waals surface area contributed by atoms with Crippen LogP contribution in [-0.4, -0.2) is 15.7 Å². The topological polar surface area (TPSA) is 47.4 Å². The van der Waals surface area contributed by atoms with Gasteiger partial charge >= 0.3 is 0 Å². The zero-order chi connectivity index (χ0) is 26.5. The Morgan fingerprint density at radius 3 is 2.53 bits per heavy atom. The van der Waals surface area contributed by atoms with Crippen molar-refractivity contribution in [3.63, 3.8) is 0 Å². The first-order valence-corrected chi connectivity index (χ1v) is 13.7. The largest absolute Gasteiger partial charge is 0.489 e. The Balaban J connectivity index is 1.44. The van der Waals surface area contributed by atoms with E-state index in [9.17, 15) is 4.79 Å². The number of fused-ring (bicyclic) bond motifs is 1. The third-order valence-electron chi connectivity index (χ3n) is 7.49. The van der Waals surface area contributed by atoms with Crippen molar-refractivity contribution < 1.29 is 9.53 Å². The lowest BCUT2D eigenvalue weighted by Crippen LogP contribution is -2.36. The number of benzene rings is 3. The van der Waals surface area contributed by atoms with Crippen LogP contribution in [0.25, 0.3) is 0 Å². The minimum Gasteiger partial charge on any atom is -0.489 e. The SMILES string of the molecule is CCn1cc(CN(C(=O)C2CCCc3c(OCc4ccccc4)cccc32)c2ccc(C(C)C)cc2)cn1. The monoisotopic (exact) mass is 507 g/mol. The van der Waals surface area contributed by atoms with Gasteiger partial charge in [-0.1, -0.05) is 68.4 Å². The molecule has 1 aliphatic rings. The van der Waals surface area contributed by atoms with Crippen molar-refractivity contribution in [3.8, 4) is 5.75 Å². The van der Waals surface area contributed by atoms with Crippen LogP contribution in [0, 0.1) is 0 Å². The molecule has 4 aromatic rings. The molecular weight excluding hydrogens is 470 g/mol. The number of amides is 1. The third kappa shape index (κ3) is 5.67. The summed E-state index contributed by atoms with van der Waals surface area (Å²) < 4.78 is 8.18. The van der Waals surface area contributed by atoms with Crippen LogP contribution in [-0.2, 0) is 30.9 Å². The third-order valence-corrected chi connectivity index (χ3v) is 7.49. The summed E-state index contributed by atoms with van der Waals surface area (Å²) in [6.07, 6.45) is 6.63. The van der Waals surface area contributed by atoms with Gasteiger partial charge in [0, 0.05) is 24.0 Å². The zero-order valence-electron chi connectivity index (χ0n) is 22.6. The van der Waals surface area contributed by atoms with Gasteiger partial charge in [-0.05, 0) is 72.6 Å². The normalized spacial score (nSPS) is 14.8. The number of ether oxygens (including phenoxy) is 1. The molecule has 3 aromatic carbocycles. The summed E-state index contributed by atoms with van der Waals surface area (Å²) >= 11 is 0. The standard InChI is InChI=1S/C33H37N3O2/c1-4-35-21-26(20-34-35)22-36(28-18-16-27(17-19-28)24(2)3)33(37)31-14-8-13-30-29(31)12-9-15-32(30)38-23-25-10-6-5-7-11-25/h5-7,9-12,15-21,24,31H,4,8,13-14,22-23H2,1-3H3. The summed E-state index contributed by atoms with van der Waals surface area (Å²) in [5.74, 6) is 1.26. The zero-order valence-corrected chi connectivity index (χ0v) is 22.6. The second-order valence-electron chi connectivity index (χ2n) is 10.4.